The van der Waals surface area contributed by atoms with Crippen LogP contribution in [-0.2, 0) is 0 Å². The molecule has 1 fully saturated rings. The van der Waals surface area contributed by atoms with Gasteiger partial charge in [0.1, 0.15) is 11.5 Å². The average Bonchev–Trinajstić information content (AvgIpc) is 3.10. The molecule has 0 aliphatic carbocycles. The van der Waals surface area contributed by atoms with Crippen molar-refractivity contribution in [2.75, 3.05) is 40.4 Å². The molecule has 1 saturated heterocycles. The lowest BCUT2D eigenvalue weighted by atomic mass is 10.00. The minimum Gasteiger partial charge on any atom is -0.496 e. The van der Waals surface area contributed by atoms with Crippen LogP contribution in [-0.4, -0.2) is 45.3 Å². The second-order valence-electron chi connectivity index (χ2n) is 5.28. The van der Waals surface area contributed by atoms with Gasteiger partial charge in [-0.05, 0) is 23.6 Å². The molecule has 0 unspecified atom stereocenters. The number of hydrogen-bond acceptors (Lipinski definition) is 5. The van der Waals surface area contributed by atoms with Crippen molar-refractivity contribution in [1.29, 1.82) is 0 Å². The summed E-state index contributed by atoms with van der Waals surface area (Å²) in [6.45, 7) is 4.06. The van der Waals surface area contributed by atoms with E-state index in [-0.39, 0.29) is 30.9 Å². The van der Waals surface area contributed by atoms with Crippen LogP contribution in [0.1, 0.15) is 16.5 Å². The van der Waals surface area contributed by atoms with E-state index in [2.05, 4.69) is 27.7 Å². The summed E-state index contributed by atoms with van der Waals surface area (Å²) in [6.07, 6.45) is 0. The Morgan fingerprint density at radius 3 is 2.12 bits per heavy atom. The lowest BCUT2D eigenvalue weighted by Gasteiger charge is -2.35. The van der Waals surface area contributed by atoms with Crippen LogP contribution in [0.25, 0.3) is 0 Å². The fourth-order valence-corrected chi connectivity index (χ4v) is 3.91. The Morgan fingerprint density at radius 1 is 1.00 bits per heavy atom. The van der Waals surface area contributed by atoms with Crippen molar-refractivity contribution in [1.82, 2.24) is 10.2 Å². The average molecular weight is 391 g/mol. The highest BCUT2D eigenvalue weighted by molar-refractivity contribution is 7.10. The molecule has 1 aromatic carbocycles. The molecular formula is C17H24Cl2N2O2S. The first-order valence-electron chi connectivity index (χ1n) is 7.54. The van der Waals surface area contributed by atoms with Gasteiger partial charge in [0.15, 0.2) is 0 Å². The molecule has 3 rings (SSSR count). The molecule has 0 saturated carbocycles. The number of hydrogen-bond donors (Lipinski definition) is 1. The molecule has 1 atom stereocenters. The second kappa shape index (κ2) is 10.1. The van der Waals surface area contributed by atoms with Crippen LogP contribution in [0.3, 0.4) is 0 Å². The predicted octanol–water partition coefficient (Wildman–Crippen LogP) is 3.60. The molecule has 0 bridgehead atoms. The summed E-state index contributed by atoms with van der Waals surface area (Å²) in [5.41, 5.74) is 1.12. The van der Waals surface area contributed by atoms with E-state index >= 15 is 0 Å². The Hall–Kier alpha value is -0.980. The molecule has 24 heavy (non-hydrogen) atoms. The zero-order chi connectivity index (χ0) is 15.4. The first kappa shape index (κ1) is 21.1. The lowest BCUT2D eigenvalue weighted by Crippen LogP contribution is -2.45. The molecule has 134 valence electrons. The first-order valence-corrected chi connectivity index (χ1v) is 8.42. The van der Waals surface area contributed by atoms with Crippen LogP contribution in [0, 0.1) is 0 Å². The first-order chi connectivity index (χ1) is 10.8. The van der Waals surface area contributed by atoms with Crippen molar-refractivity contribution in [3.8, 4) is 11.5 Å². The third-order valence-corrected chi connectivity index (χ3v) is 4.99. The molecule has 0 spiro atoms. The summed E-state index contributed by atoms with van der Waals surface area (Å²) >= 11 is 1.78. The number of ether oxygens (including phenoxy) is 2. The van der Waals surface area contributed by atoms with E-state index in [4.69, 9.17) is 9.47 Å². The number of rotatable bonds is 5. The highest BCUT2D eigenvalue weighted by Crippen LogP contribution is 2.42. The zero-order valence-corrected chi connectivity index (χ0v) is 16.3. The van der Waals surface area contributed by atoms with Gasteiger partial charge in [0.05, 0.1) is 25.8 Å². The van der Waals surface area contributed by atoms with Crippen LogP contribution >= 0.6 is 36.2 Å². The Bertz CT molecular complexity index is 582. The maximum Gasteiger partial charge on any atom is 0.127 e. The van der Waals surface area contributed by atoms with E-state index in [0.29, 0.717) is 0 Å². The number of nitrogens with zero attached hydrogens (tertiary/aromatic N) is 1. The minimum atomic E-state index is 0. The summed E-state index contributed by atoms with van der Waals surface area (Å²) in [7, 11) is 3.45. The monoisotopic (exact) mass is 390 g/mol. The van der Waals surface area contributed by atoms with E-state index in [1.807, 2.05) is 18.2 Å². The SMILES string of the molecule is COc1cccc(OC)c1[C@@H](c1cccs1)N1CCNCC1.Cl.Cl. The van der Waals surface area contributed by atoms with E-state index < -0.39 is 0 Å². The Morgan fingerprint density at radius 2 is 1.62 bits per heavy atom. The molecule has 0 amide bonds. The van der Waals surface area contributed by atoms with Crippen LogP contribution in [0.5, 0.6) is 11.5 Å². The van der Waals surface area contributed by atoms with Gasteiger partial charge in [0.25, 0.3) is 0 Å². The van der Waals surface area contributed by atoms with Crippen LogP contribution < -0.4 is 14.8 Å². The highest BCUT2D eigenvalue weighted by atomic mass is 35.5. The van der Waals surface area contributed by atoms with Gasteiger partial charge in [-0.25, -0.2) is 0 Å². The fourth-order valence-electron chi connectivity index (χ4n) is 3.04. The number of piperazine rings is 1. The van der Waals surface area contributed by atoms with Gasteiger partial charge in [0.2, 0.25) is 0 Å². The fraction of sp³-hybridized carbons (Fsp3) is 0.412. The summed E-state index contributed by atoms with van der Waals surface area (Å²) in [5.74, 6) is 1.77. The largest absolute Gasteiger partial charge is 0.496 e. The van der Waals surface area contributed by atoms with Crippen molar-refractivity contribution in [3.63, 3.8) is 0 Å². The van der Waals surface area contributed by atoms with Gasteiger partial charge in [-0.15, -0.1) is 36.2 Å². The predicted molar refractivity (Wildman–Crippen MR) is 105 cm³/mol. The molecule has 1 aromatic heterocycles. The van der Waals surface area contributed by atoms with Crippen molar-refractivity contribution < 1.29 is 9.47 Å². The van der Waals surface area contributed by atoms with Crippen molar-refractivity contribution >= 4 is 36.2 Å². The minimum absolute atomic E-state index is 0. The van der Waals surface area contributed by atoms with Crippen LogP contribution in [0.15, 0.2) is 35.7 Å². The molecule has 1 aliphatic heterocycles. The number of benzene rings is 1. The highest BCUT2D eigenvalue weighted by Gasteiger charge is 2.29. The van der Waals surface area contributed by atoms with E-state index in [0.717, 1.165) is 43.2 Å². The van der Waals surface area contributed by atoms with E-state index in [1.54, 1.807) is 25.6 Å². The topological polar surface area (TPSA) is 33.7 Å². The standard InChI is InChI=1S/C17H22N2O2S.2ClH/c1-20-13-5-3-6-14(21-2)16(13)17(15-7-4-12-22-15)19-10-8-18-9-11-19;;/h3-7,12,17-18H,8-11H2,1-2H3;2*1H/t17-;;/m1../s1. The van der Waals surface area contributed by atoms with E-state index in [9.17, 15) is 0 Å². The molecule has 2 heterocycles. The van der Waals surface area contributed by atoms with Crippen molar-refractivity contribution in [2.45, 2.75) is 6.04 Å². The Kier molecular flexibility index (Phi) is 8.87. The molecule has 1 N–H and O–H groups in total. The summed E-state index contributed by atoms with van der Waals surface area (Å²) in [6, 6.07) is 10.5. The van der Waals surface area contributed by atoms with Gasteiger partial charge in [-0.1, -0.05) is 12.1 Å². The van der Waals surface area contributed by atoms with E-state index in [1.165, 1.54) is 4.88 Å². The number of thiophene rings is 1. The van der Waals surface area contributed by atoms with Crippen molar-refractivity contribution in [3.05, 3.63) is 46.2 Å². The molecular weight excluding hydrogens is 367 g/mol. The lowest BCUT2D eigenvalue weighted by molar-refractivity contribution is 0.194. The zero-order valence-electron chi connectivity index (χ0n) is 13.9. The van der Waals surface area contributed by atoms with Crippen LogP contribution in [0.4, 0.5) is 0 Å². The molecule has 7 heteroatoms. The third-order valence-electron chi connectivity index (χ3n) is 4.07. The normalized spacial score (nSPS) is 15.8. The van der Waals surface area contributed by atoms with Gasteiger partial charge in [-0.3, -0.25) is 4.90 Å². The summed E-state index contributed by atoms with van der Waals surface area (Å²) in [5, 5.41) is 5.55. The smallest absolute Gasteiger partial charge is 0.127 e. The van der Waals surface area contributed by atoms with Gasteiger partial charge < -0.3 is 14.8 Å². The molecule has 0 radical (unpaired) electrons. The molecule has 4 nitrogen and oxygen atoms in total. The van der Waals surface area contributed by atoms with Gasteiger partial charge >= 0.3 is 0 Å². The number of nitrogens with one attached hydrogen (secondary N) is 1. The van der Waals surface area contributed by atoms with Gasteiger partial charge in [0, 0.05) is 31.1 Å². The number of halogens is 2. The quantitative estimate of drug-likeness (QED) is 0.845. The second-order valence-corrected chi connectivity index (χ2v) is 6.26. The maximum absolute atomic E-state index is 5.64. The third kappa shape index (κ3) is 4.35. The maximum atomic E-state index is 5.64. The molecule has 2 aromatic rings. The molecule has 1 aliphatic rings. The van der Waals surface area contributed by atoms with Crippen molar-refractivity contribution in [2.24, 2.45) is 0 Å². The summed E-state index contributed by atoms with van der Waals surface area (Å²) < 4.78 is 11.3. The summed E-state index contributed by atoms with van der Waals surface area (Å²) in [4.78, 5) is 3.83. The number of methoxy groups -OCH3 is 2. The Balaban J connectivity index is 0.00000144. The van der Waals surface area contributed by atoms with Crippen LogP contribution in [0.2, 0.25) is 0 Å². The van der Waals surface area contributed by atoms with Gasteiger partial charge in [-0.2, -0.15) is 0 Å². The Labute approximate surface area is 160 Å².